The minimum Gasteiger partial charge on any atom is -0.444 e. The third-order valence-corrected chi connectivity index (χ3v) is 8.85. The largest absolute Gasteiger partial charge is 0.444 e. The van der Waals surface area contributed by atoms with Crippen LogP contribution in [0.3, 0.4) is 0 Å². The number of hydrogen-bond acceptors (Lipinski definition) is 5. The molecule has 0 bridgehead atoms. The van der Waals surface area contributed by atoms with Crippen LogP contribution in [0.1, 0.15) is 86.7 Å². The normalized spacial score (nSPS) is 15.1. The quantitative estimate of drug-likeness (QED) is 0.228. The van der Waals surface area contributed by atoms with E-state index >= 15 is 0 Å². The molecular weight excluding hydrogens is 576 g/mol. The minimum atomic E-state index is -0.560. The fourth-order valence-electron chi connectivity index (χ4n) is 6.68. The molecule has 9 nitrogen and oxygen atoms in total. The first-order chi connectivity index (χ1) is 21.8. The molecule has 0 saturated heterocycles. The van der Waals surface area contributed by atoms with Gasteiger partial charge in [-0.3, -0.25) is 14.5 Å². The summed E-state index contributed by atoms with van der Waals surface area (Å²) in [6.45, 7) is 17.3. The van der Waals surface area contributed by atoms with Crippen molar-refractivity contribution in [3.8, 4) is 11.1 Å². The summed E-state index contributed by atoms with van der Waals surface area (Å²) in [5.41, 5.74) is 9.51. The zero-order valence-corrected chi connectivity index (χ0v) is 28.5. The highest BCUT2D eigenvalue weighted by Gasteiger charge is 2.30. The molecule has 0 atom stereocenters. The molecule has 0 N–H and O–H groups in total. The number of carbonyl (C=O) groups excluding carboxylic acids is 2. The van der Waals surface area contributed by atoms with Gasteiger partial charge in [0.15, 0.2) is 0 Å². The van der Waals surface area contributed by atoms with Crippen LogP contribution in [0.4, 0.5) is 4.79 Å². The van der Waals surface area contributed by atoms with Crippen LogP contribution in [0.15, 0.2) is 42.6 Å². The number of rotatable bonds is 6. The number of fused-ring (bicyclic) bond motifs is 2. The van der Waals surface area contributed by atoms with Gasteiger partial charge >= 0.3 is 6.09 Å². The lowest BCUT2D eigenvalue weighted by atomic mass is 9.97. The molecule has 1 aromatic carbocycles. The van der Waals surface area contributed by atoms with Crippen molar-refractivity contribution < 1.29 is 14.3 Å². The molecule has 0 saturated carbocycles. The van der Waals surface area contributed by atoms with Crippen molar-refractivity contribution in [1.82, 2.24) is 29.1 Å². The number of carbonyl (C=O) groups is 2. The zero-order chi connectivity index (χ0) is 32.9. The number of aromatic nitrogens is 4. The highest BCUT2D eigenvalue weighted by atomic mass is 16.6. The molecule has 0 radical (unpaired) electrons. The van der Waals surface area contributed by atoms with Crippen LogP contribution >= 0.6 is 0 Å². The summed E-state index contributed by atoms with van der Waals surface area (Å²) in [4.78, 5) is 35.9. The van der Waals surface area contributed by atoms with Gasteiger partial charge in [0.2, 0.25) is 0 Å². The molecule has 2 amide bonds. The van der Waals surface area contributed by atoms with E-state index in [1.807, 2.05) is 49.7 Å². The van der Waals surface area contributed by atoms with Crippen LogP contribution in [0, 0.1) is 12.8 Å². The maximum absolute atomic E-state index is 14.1. The molecule has 0 fully saturated rings. The summed E-state index contributed by atoms with van der Waals surface area (Å²) in [6.07, 6.45) is 5.42. The van der Waals surface area contributed by atoms with Crippen molar-refractivity contribution in [3.05, 3.63) is 76.5 Å². The number of ether oxygens (including phenoxy) is 1. The first-order valence-electron chi connectivity index (χ1n) is 16.4. The molecule has 6 rings (SSSR count). The van der Waals surface area contributed by atoms with Crippen LogP contribution < -0.4 is 0 Å². The topological polar surface area (TPSA) is 85.5 Å². The third-order valence-electron chi connectivity index (χ3n) is 8.85. The number of pyridine rings is 1. The van der Waals surface area contributed by atoms with Gasteiger partial charge in [0.1, 0.15) is 5.60 Å². The lowest BCUT2D eigenvalue weighted by Crippen LogP contribution is -2.39. The van der Waals surface area contributed by atoms with Crippen LogP contribution in [0.25, 0.3) is 27.6 Å². The van der Waals surface area contributed by atoms with Gasteiger partial charge in [-0.1, -0.05) is 32.9 Å². The molecule has 3 aromatic heterocycles. The Bertz CT molecular complexity index is 1850. The molecule has 9 heteroatoms. The van der Waals surface area contributed by atoms with Gasteiger partial charge < -0.3 is 19.1 Å². The predicted molar refractivity (Wildman–Crippen MR) is 181 cm³/mol. The number of nitrogens with zero attached hydrogens (tertiary/aromatic N) is 6. The summed E-state index contributed by atoms with van der Waals surface area (Å²) in [6, 6.07) is 10.5. The summed E-state index contributed by atoms with van der Waals surface area (Å²) in [5.74, 6) is 0.370. The van der Waals surface area contributed by atoms with Gasteiger partial charge in [-0.2, -0.15) is 5.10 Å². The predicted octanol–water partition coefficient (Wildman–Crippen LogP) is 7.14. The number of amides is 2. The second-order valence-corrected chi connectivity index (χ2v) is 14.1. The summed E-state index contributed by atoms with van der Waals surface area (Å²) in [5, 5.41) is 5.37. The Labute approximate surface area is 271 Å². The first kappa shape index (κ1) is 31.6. The Balaban J connectivity index is 1.49. The molecular formula is C37H46N6O3. The van der Waals surface area contributed by atoms with E-state index in [2.05, 4.69) is 67.7 Å². The second-order valence-electron chi connectivity index (χ2n) is 14.1. The monoisotopic (exact) mass is 622 g/mol. The summed E-state index contributed by atoms with van der Waals surface area (Å²) >= 11 is 0. The van der Waals surface area contributed by atoms with Gasteiger partial charge in [-0.25, -0.2) is 4.79 Å². The molecule has 2 aliphatic rings. The smallest absolute Gasteiger partial charge is 0.410 e. The molecule has 0 spiro atoms. The lowest BCUT2D eigenvalue weighted by molar-refractivity contribution is 0.0272. The fraction of sp³-hybridized carbons (Fsp3) is 0.459. The third kappa shape index (κ3) is 6.07. The molecule has 4 aromatic rings. The van der Waals surface area contributed by atoms with Gasteiger partial charge in [0.25, 0.3) is 5.91 Å². The zero-order valence-electron chi connectivity index (χ0n) is 28.5. The van der Waals surface area contributed by atoms with Gasteiger partial charge in [0, 0.05) is 71.4 Å². The summed E-state index contributed by atoms with van der Waals surface area (Å²) < 4.78 is 9.99. The van der Waals surface area contributed by atoms with Gasteiger partial charge in [0.05, 0.1) is 30.5 Å². The van der Waals surface area contributed by atoms with E-state index < -0.39 is 5.60 Å². The maximum atomic E-state index is 14.1. The Kier molecular flexibility index (Phi) is 8.29. The Morgan fingerprint density at radius 1 is 1.02 bits per heavy atom. The highest BCUT2D eigenvalue weighted by Crippen LogP contribution is 2.38. The SMILES string of the molecule is CCc1ccc(-c2cc(C(=O)N3Cc4cnn(C)c4C3)cc3cc(C4=CCCN(C(=O)OC(C)(C)C)C4)n(CC(C)C)c23)c(C)n1. The van der Waals surface area contributed by atoms with E-state index in [0.717, 1.165) is 75.3 Å². The molecule has 242 valence electrons. The number of hydrogen-bond donors (Lipinski definition) is 0. The van der Waals surface area contributed by atoms with E-state index in [0.29, 0.717) is 37.7 Å². The second kappa shape index (κ2) is 12.1. The maximum Gasteiger partial charge on any atom is 0.410 e. The van der Waals surface area contributed by atoms with Gasteiger partial charge in [-0.15, -0.1) is 0 Å². The van der Waals surface area contributed by atoms with Crippen molar-refractivity contribution in [3.63, 3.8) is 0 Å². The molecule has 0 aliphatic carbocycles. The van der Waals surface area contributed by atoms with Crippen LogP contribution in [0.5, 0.6) is 0 Å². The molecule has 2 aliphatic heterocycles. The van der Waals surface area contributed by atoms with E-state index in [4.69, 9.17) is 9.72 Å². The average molecular weight is 623 g/mol. The van der Waals surface area contributed by atoms with Crippen molar-refractivity contribution in [2.45, 2.75) is 86.5 Å². The standard InChI is InChI=1S/C37H46N6O3/c1-9-29-12-13-30(24(4)39-29)31-16-27(35(44)42-21-28-18-38-40(8)33(28)22-42)15-26-17-32(43(34(26)31)19-23(2)3)25-11-10-14-41(20-25)36(45)46-37(5,6)7/h11-13,15-18,23H,9-10,14,19-22H2,1-8H3. The van der Waals surface area contributed by atoms with E-state index in [1.54, 1.807) is 4.90 Å². The Morgan fingerprint density at radius 3 is 2.48 bits per heavy atom. The van der Waals surface area contributed by atoms with E-state index in [-0.39, 0.29) is 12.0 Å². The Morgan fingerprint density at radius 2 is 1.80 bits per heavy atom. The van der Waals surface area contributed by atoms with Gasteiger partial charge in [-0.05, 0) is 76.3 Å². The first-order valence-corrected chi connectivity index (χ1v) is 16.4. The number of aryl methyl sites for hydroxylation is 3. The van der Waals surface area contributed by atoms with Crippen molar-refractivity contribution in [2.24, 2.45) is 13.0 Å². The van der Waals surface area contributed by atoms with E-state index in [1.165, 1.54) is 0 Å². The molecule has 0 unspecified atom stereocenters. The highest BCUT2D eigenvalue weighted by molar-refractivity contribution is 6.05. The molecule has 5 heterocycles. The van der Waals surface area contributed by atoms with E-state index in [9.17, 15) is 9.59 Å². The average Bonchev–Trinajstić information content (AvgIpc) is 3.69. The van der Waals surface area contributed by atoms with Crippen molar-refractivity contribution >= 4 is 28.5 Å². The molecule has 46 heavy (non-hydrogen) atoms. The number of benzene rings is 1. The fourth-order valence-corrected chi connectivity index (χ4v) is 6.68. The van der Waals surface area contributed by atoms with Crippen LogP contribution in [0.2, 0.25) is 0 Å². The summed E-state index contributed by atoms with van der Waals surface area (Å²) in [7, 11) is 1.93. The lowest BCUT2D eigenvalue weighted by Gasteiger charge is -2.30. The van der Waals surface area contributed by atoms with Crippen molar-refractivity contribution in [1.29, 1.82) is 0 Å². The van der Waals surface area contributed by atoms with Crippen molar-refractivity contribution in [2.75, 3.05) is 13.1 Å². The van der Waals surface area contributed by atoms with Crippen LogP contribution in [-0.4, -0.2) is 59.8 Å². The Hall–Kier alpha value is -4.40. The van der Waals surface area contributed by atoms with Crippen LogP contribution in [-0.2, 0) is 37.8 Å². The minimum absolute atomic E-state index is 0.00119.